The topological polar surface area (TPSA) is 26.3 Å². The molecule has 2 nitrogen and oxygen atoms in total. The lowest BCUT2D eigenvalue weighted by atomic mass is 9.82. The van der Waals surface area contributed by atoms with Crippen molar-refractivity contribution in [3.05, 3.63) is 35.4 Å². The van der Waals surface area contributed by atoms with Crippen LogP contribution in [0.4, 0.5) is 0 Å². The van der Waals surface area contributed by atoms with Crippen LogP contribution in [0.15, 0.2) is 24.3 Å². The van der Waals surface area contributed by atoms with Crippen LogP contribution < -0.4 is 0 Å². The molecule has 0 amide bonds. The Kier molecular flexibility index (Phi) is 4.73. The number of ether oxygens (including phenoxy) is 1. The Hall–Kier alpha value is -1.31. The summed E-state index contributed by atoms with van der Waals surface area (Å²) in [6.45, 7) is 6.78. The summed E-state index contributed by atoms with van der Waals surface area (Å²) in [6, 6.07) is 7.71. The van der Waals surface area contributed by atoms with Crippen LogP contribution in [0, 0.1) is 5.41 Å². The predicted octanol–water partition coefficient (Wildman–Crippen LogP) is 3.84. The first-order chi connectivity index (χ1) is 7.98. The number of hydrogen-bond acceptors (Lipinski definition) is 2. The van der Waals surface area contributed by atoms with E-state index in [9.17, 15) is 4.79 Å². The predicted molar refractivity (Wildman–Crippen MR) is 70.2 cm³/mol. The highest BCUT2D eigenvalue weighted by atomic mass is 16.5. The van der Waals surface area contributed by atoms with E-state index in [4.69, 9.17) is 0 Å². The molecule has 0 aliphatic heterocycles. The first-order valence-electron chi connectivity index (χ1n) is 6.16. The smallest absolute Gasteiger partial charge is 0.337 e. The minimum Gasteiger partial charge on any atom is -0.465 e. The summed E-state index contributed by atoms with van der Waals surface area (Å²) in [4.78, 5) is 11.3. The van der Waals surface area contributed by atoms with Crippen molar-refractivity contribution in [1.29, 1.82) is 0 Å². The van der Waals surface area contributed by atoms with Crippen molar-refractivity contribution in [2.45, 2.75) is 40.0 Å². The van der Waals surface area contributed by atoms with E-state index in [0.29, 0.717) is 11.0 Å². The maximum Gasteiger partial charge on any atom is 0.337 e. The maximum absolute atomic E-state index is 11.3. The Labute approximate surface area is 104 Å². The summed E-state index contributed by atoms with van der Waals surface area (Å²) >= 11 is 0. The van der Waals surface area contributed by atoms with Gasteiger partial charge in [0.2, 0.25) is 0 Å². The molecule has 0 aliphatic carbocycles. The Bertz CT molecular complexity index is 363. The molecular weight excluding hydrogens is 212 g/mol. The van der Waals surface area contributed by atoms with Gasteiger partial charge in [-0.1, -0.05) is 39.3 Å². The first kappa shape index (κ1) is 13.8. The lowest BCUT2D eigenvalue weighted by molar-refractivity contribution is 0.0600. The standard InChI is InChI=1S/C15H22O2/c1-5-10-15(2,3)11-12-6-8-13(9-7-12)14(16)17-4/h6-9H,5,10-11H2,1-4H3. The Morgan fingerprint density at radius 2 is 1.82 bits per heavy atom. The van der Waals surface area contributed by atoms with Crippen molar-refractivity contribution in [2.24, 2.45) is 5.41 Å². The summed E-state index contributed by atoms with van der Waals surface area (Å²) in [6.07, 6.45) is 3.46. The quantitative estimate of drug-likeness (QED) is 0.723. The number of carbonyl (C=O) groups excluding carboxylic acids is 1. The fourth-order valence-corrected chi connectivity index (χ4v) is 2.19. The molecule has 2 heteroatoms. The van der Waals surface area contributed by atoms with Crippen LogP contribution in [0.2, 0.25) is 0 Å². The molecule has 17 heavy (non-hydrogen) atoms. The van der Waals surface area contributed by atoms with Gasteiger partial charge < -0.3 is 4.74 Å². The first-order valence-corrected chi connectivity index (χ1v) is 6.16. The summed E-state index contributed by atoms with van der Waals surface area (Å²) in [5.41, 5.74) is 2.21. The molecule has 0 aliphatic rings. The zero-order valence-electron chi connectivity index (χ0n) is 11.2. The normalized spacial score (nSPS) is 11.3. The van der Waals surface area contributed by atoms with Gasteiger partial charge in [0.15, 0.2) is 0 Å². The van der Waals surface area contributed by atoms with E-state index >= 15 is 0 Å². The highest BCUT2D eigenvalue weighted by molar-refractivity contribution is 5.89. The average molecular weight is 234 g/mol. The SMILES string of the molecule is CCCC(C)(C)Cc1ccc(C(=O)OC)cc1. The van der Waals surface area contributed by atoms with Crippen molar-refractivity contribution in [2.75, 3.05) is 7.11 Å². The highest BCUT2D eigenvalue weighted by Gasteiger charge is 2.17. The van der Waals surface area contributed by atoms with E-state index in [2.05, 4.69) is 25.5 Å². The Morgan fingerprint density at radius 3 is 2.29 bits per heavy atom. The lowest BCUT2D eigenvalue weighted by Crippen LogP contribution is -2.14. The van der Waals surface area contributed by atoms with Crippen molar-refractivity contribution in [3.63, 3.8) is 0 Å². The molecule has 1 rings (SSSR count). The molecule has 0 aromatic heterocycles. The summed E-state index contributed by atoms with van der Waals surface area (Å²) in [5, 5.41) is 0. The molecule has 0 bridgehead atoms. The molecular formula is C15H22O2. The molecule has 0 fully saturated rings. The number of hydrogen-bond donors (Lipinski definition) is 0. The fraction of sp³-hybridized carbons (Fsp3) is 0.533. The van der Waals surface area contributed by atoms with Gasteiger partial charge in [-0.25, -0.2) is 4.79 Å². The van der Waals surface area contributed by atoms with Crippen LogP contribution in [0.1, 0.15) is 49.5 Å². The minimum absolute atomic E-state index is 0.274. The number of methoxy groups -OCH3 is 1. The van der Waals surface area contributed by atoms with Crippen LogP contribution in [0.5, 0.6) is 0 Å². The van der Waals surface area contributed by atoms with Gasteiger partial charge in [0.1, 0.15) is 0 Å². The molecule has 1 aromatic carbocycles. The monoisotopic (exact) mass is 234 g/mol. The second kappa shape index (κ2) is 5.85. The van der Waals surface area contributed by atoms with Gasteiger partial charge in [-0.3, -0.25) is 0 Å². The van der Waals surface area contributed by atoms with Gasteiger partial charge in [0, 0.05) is 0 Å². The van der Waals surface area contributed by atoms with E-state index in [1.807, 2.05) is 24.3 Å². The van der Waals surface area contributed by atoms with Crippen LogP contribution in [0.25, 0.3) is 0 Å². The van der Waals surface area contributed by atoms with Crippen molar-refractivity contribution in [1.82, 2.24) is 0 Å². The van der Waals surface area contributed by atoms with Gasteiger partial charge in [-0.05, 0) is 36.0 Å². The molecule has 1 aromatic rings. The number of benzene rings is 1. The molecule has 0 spiro atoms. The number of esters is 1. The van der Waals surface area contributed by atoms with Crippen LogP contribution in [-0.2, 0) is 11.2 Å². The zero-order valence-corrected chi connectivity index (χ0v) is 11.2. The molecule has 94 valence electrons. The van der Waals surface area contributed by atoms with E-state index < -0.39 is 0 Å². The van der Waals surface area contributed by atoms with Crippen molar-refractivity contribution >= 4 is 5.97 Å². The third-order valence-corrected chi connectivity index (χ3v) is 2.98. The largest absolute Gasteiger partial charge is 0.465 e. The molecule has 0 saturated heterocycles. The third kappa shape index (κ3) is 4.22. The van der Waals surface area contributed by atoms with E-state index in [1.54, 1.807) is 0 Å². The third-order valence-electron chi connectivity index (χ3n) is 2.98. The summed E-state index contributed by atoms with van der Waals surface area (Å²) in [7, 11) is 1.40. The highest BCUT2D eigenvalue weighted by Crippen LogP contribution is 2.27. The van der Waals surface area contributed by atoms with Gasteiger partial charge in [-0.15, -0.1) is 0 Å². The number of carbonyl (C=O) groups is 1. The Morgan fingerprint density at radius 1 is 1.24 bits per heavy atom. The molecule has 0 heterocycles. The van der Waals surface area contributed by atoms with E-state index in [0.717, 1.165) is 6.42 Å². The molecule has 0 unspecified atom stereocenters. The zero-order chi connectivity index (χ0) is 12.9. The van der Waals surface area contributed by atoms with Crippen LogP contribution >= 0.6 is 0 Å². The molecule has 0 atom stereocenters. The van der Waals surface area contributed by atoms with E-state index in [1.165, 1.54) is 25.5 Å². The maximum atomic E-state index is 11.3. The molecule has 0 saturated carbocycles. The van der Waals surface area contributed by atoms with Gasteiger partial charge in [0.05, 0.1) is 12.7 Å². The average Bonchev–Trinajstić information content (AvgIpc) is 2.28. The second-order valence-corrected chi connectivity index (χ2v) is 5.28. The van der Waals surface area contributed by atoms with Crippen molar-refractivity contribution in [3.8, 4) is 0 Å². The van der Waals surface area contributed by atoms with Crippen molar-refractivity contribution < 1.29 is 9.53 Å². The minimum atomic E-state index is -0.274. The second-order valence-electron chi connectivity index (χ2n) is 5.28. The van der Waals surface area contributed by atoms with Gasteiger partial charge in [0.25, 0.3) is 0 Å². The van der Waals surface area contributed by atoms with Gasteiger partial charge >= 0.3 is 5.97 Å². The van der Waals surface area contributed by atoms with Crippen LogP contribution in [-0.4, -0.2) is 13.1 Å². The van der Waals surface area contributed by atoms with Crippen LogP contribution in [0.3, 0.4) is 0 Å². The lowest BCUT2D eigenvalue weighted by Gasteiger charge is -2.24. The summed E-state index contributed by atoms with van der Waals surface area (Å²) < 4.78 is 4.68. The number of rotatable bonds is 5. The molecule has 0 N–H and O–H groups in total. The Balaban J connectivity index is 2.71. The molecule has 0 radical (unpaired) electrons. The summed E-state index contributed by atoms with van der Waals surface area (Å²) in [5.74, 6) is -0.274. The van der Waals surface area contributed by atoms with Gasteiger partial charge in [-0.2, -0.15) is 0 Å². The fourth-order valence-electron chi connectivity index (χ4n) is 2.19. The van der Waals surface area contributed by atoms with E-state index in [-0.39, 0.29) is 5.97 Å².